The van der Waals surface area contributed by atoms with Gasteiger partial charge in [0.1, 0.15) is 5.75 Å². The number of aromatic nitrogens is 1. The molecule has 0 saturated carbocycles. The second-order valence-electron chi connectivity index (χ2n) is 3.57. The quantitative estimate of drug-likeness (QED) is 0.789. The van der Waals surface area contributed by atoms with Crippen molar-refractivity contribution < 1.29 is 4.74 Å². The third-order valence-electron chi connectivity index (χ3n) is 2.36. The molecule has 16 heavy (non-hydrogen) atoms. The summed E-state index contributed by atoms with van der Waals surface area (Å²) < 4.78 is 5.17. The summed E-state index contributed by atoms with van der Waals surface area (Å²) in [5.41, 5.74) is 3.06. The highest BCUT2D eigenvalue weighted by atomic mass is 35.5. The first-order valence-electron chi connectivity index (χ1n) is 4.97. The maximum Gasteiger partial charge on any atom is 0.138 e. The van der Waals surface area contributed by atoms with Gasteiger partial charge in [-0.05, 0) is 30.7 Å². The van der Waals surface area contributed by atoms with Crippen LogP contribution < -0.4 is 4.74 Å². The molecule has 0 saturated heterocycles. The molecule has 2 nitrogen and oxygen atoms in total. The highest BCUT2D eigenvalue weighted by Crippen LogP contribution is 2.29. The van der Waals surface area contributed by atoms with Crippen molar-refractivity contribution in [2.75, 3.05) is 7.11 Å². The fraction of sp³-hybridized carbons (Fsp3) is 0.154. The minimum absolute atomic E-state index is 0.610. The maximum atomic E-state index is 5.96. The Kier molecular flexibility index (Phi) is 3.11. The Morgan fingerprint density at radius 1 is 1.19 bits per heavy atom. The molecule has 0 radical (unpaired) electrons. The lowest BCUT2D eigenvalue weighted by Crippen LogP contribution is -1.87. The number of halogens is 1. The van der Waals surface area contributed by atoms with E-state index in [0.29, 0.717) is 10.8 Å². The first-order valence-corrected chi connectivity index (χ1v) is 5.35. The molecule has 0 bridgehead atoms. The third-order valence-corrected chi connectivity index (χ3v) is 2.67. The average Bonchev–Trinajstić information content (AvgIpc) is 2.31. The molecule has 1 aromatic heterocycles. The Labute approximate surface area is 99.9 Å². The van der Waals surface area contributed by atoms with Crippen LogP contribution >= 0.6 is 11.6 Å². The number of hydrogen-bond acceptors (Lipinski definition) is 2. The predicted molar refractivity (Wildman–Crippen MR) is 66.0 cm³/mol. The van der Waals surface area contributed by atoms with E-state index < -0.39 is 0 Å². The topological polar surface area (TPSA) is 22.1 Å². The molecule has 0 aliphatic rings. The molecule has 1 heterocycles. The van der Waals surface area contributed by atoms with Gasteiger partial charge >= 0.3 is 0 Å². The number of rotatable bonds is 2. The van der Waals surface area contributed by atoms with E-state index in [2.05, 4.69) is 4.98 Å². The molecule has 2 rings (SSSR count). The molecule has 2 aromatic rings. The van der Waals surface area contributed by atoms with E-state index in [1.165, 1.54) is 0 Å². The van der Waals surface area contributed by atoms with Crippen LogP contribution in [0.1, 0.15) is 5.56 Å². The number of nitrogens with zero attached hydrogens (tertiary/aromatic N) is 1. The van der Waals surface area contributed by atoms with Gasteiger partial charge in [-0.15, -0.1) is 0 Å². The summed E-state index contributed by atoms with van der Waals surface area (Å²) >= 11 is 5.96. The van der Waals surface area contributed by atoms with Crippen molar-refractivity contribution in [2.24, 2.45) is 0 Å². The van der Waals surface area contributed by atoms with Crippen LogP contribution in [0.4, 0.5) is 0 Å². The third kappa shape index (κ3) is 2.17. The summed E-state index contributed by atoms with van der Waals surface area (Å²) in [5.74, 6) is 0.668. The summed E-state index contributed by atoms with van der Waals surface area (Å²) in [6.07, 6.45) is 1.84. The van der Waals surface area contributed by atoms with Gasteiger partial charge < -0.3 is 4.74 Å². The van der Waals surface area contributed by atoms with Gasteiger partial charge in [-0.2, -0.15) is 0 Å². The summed E-state index contributed by atoms with van der Waals surface area (Å²) in [5, 5.41) is 0.610. The number of aryl methyl sites for hydroxylation is 1. The minimum atomic E-state index is 0.610. The van der Waals surface area contributed by atoms with Crippen molar-refractivity contribution in [3.8, 4) is 17.0 Å². The maximum absolute atomic E-state index is 5.96. The van der Waals surface area contributed by atoms with E-state index >= 15 is 0 Å². The zero-order valence-corrected chi connectivity index (χ0v) is 9.95. The van der Waals surface area contributed by atoms with E-state index in [1.54, 1.807) is 7.11 Å². The predicted octanol–water partition coefficient (Wildman–Crippen LogP) is 3.72. The SMILES string of the molecule is COc1cc(-c2ccc(C)cn2)ccc1Cl. The number of hydrogen-bond donors (Lipinski definition) is 0. The zero-order valence-electron chi connectivity index (χ0n) is 9.20. The van der Waals surface area contributed by atoms with Gasteiger partial charge in [-0.25, -0.2) is 0 Å². The van der Waals surface area contributed by atoms with Crippen molar-refractivity contribution in [2.45, 2.75) is 6.92 Å². The summed E-state index contributed by atoms with van der Waals surface area (Å²) in [7, 11) is 1.60. The molecule has 0 N–H and O–H groups in total. The molecule has 0 fully saturated rings. The van der Waals surface area contributed by atoms with E-state index in [-0.39, 0.29) is 0 Å². The van der Waals surface area contributed by atoms with Gasteiger partial charge in [-0.3, -0.25) is 4.98 Å². The molecule has 82 valence electrons. The van der Waals surface area contributed by atoms with Gasteiger partial charge in [0, 0.05) is 11.8 Å². The first kappa shape index (κ1) is 11.0. The zero-order chi connectivity index (χ0) is 11.5. The molecule has 0 atom stereocenters. The highest BCUT2D eigenvalue weighted by molar-refractivity contribution is 6.32. The lowest BCUT2D eigenvalue weighted by molar-refractivity contribution is 0.415. The van der Waals surface area contributed by atoms with Crippen LogP contribution in [0, 0.1) is 6.92 Å². The molecule has 0 unspecified atom stereocenters. The molecule has 0 aliphatic carbocycles. The molecule has 0 amide bonds. The fourth-order valence-electron chi connectivity index (χ4n) is 1.46. The standard InChI is InChI=1S/C13H12ClNO/c1-9-3-6-12(15-8-9)10-4-5-11(14)13(7-10)16-2/h3-8H,1-2H3. The number of benzene rings is 1. The second kappa shape index (κ2) is 4.54. The highest BCUT2D eigenvalue weighted by Gasteiger charge is 2.04. The lowest BCUT2D eigenvalue weighted by Gasteiger charge is -2.06. The number of pyridine rings is 1. The molecular weight excluding hydrogens is 222 g/mol. The van der Waals surface area contributed by atoms with Crippen LogP contribution in [0.5, 0.6) is 5.75 Å². The van der Waals surface area contributed by atoms with Crippen molar-refractivity contribution in [1.29, 1.82) is 0 Å². The van der Waals surface area contributed by atoms with Gasteiger partial charge in [-0.1, -0.05) is 23.7 Å². The molecule has 0 spiro atoms. The largest absolute Gasteiger partial charge is 0.495 e. The van der Waals surface area contributed by atoms with Gasteiger partial charge in [0.15, 0.2) is 0 Å². The normalized spacial score (nSPS) is 10.2. The molecule has 1 aromatic carbocycles. The van der Waals surface area contributed by atoms with Crippen molar-refractivity contribution in [3.63, 3.8) is 0 Å². The number of ether oxygens (including phenoxy) is 1. The fourth-order valence-corrected chi connectivity index (χ4v) is 1.65. The Bertz CT molecular complexity index is 494. The van der Waals surface area contributed by atoms with Crippen LogP contribution in [-0.4, -0.2) is 12.1 Å². The Balaban J connectivity index is 2.44. The molecular formula is C13H12ClNO. The van der Waals surface area contributed by atoms with E-state index in [1.807, 2.05) is 43.5 Å². The van der Waals surface area contributed by atoms with Crippen LogP contribution in [-0.2, 0) is 0 Å². The van der Waals surface area contributed by atoms with E-state index in [0.717, 1.165) is 16.8 Å². The van der Waals surface area contributed by atoms with Gasteiger partial charge in [0.25, 0.3) is 0 Å². The summed E-state index contributed by atoms with van der Waals surface area (Å²) in [6.45, 7) is 2.01. The van der Waals surface area contributed by atoms with Crippen LogP contribution in [0.2, 0.25) is 5.02 Å². The van der Waals surface area contributed by atoms with Crippen molar-refractivity contribution in [1.82, 2.24) is 4.98 Å². The van der Waals surface area contributed by atoms with Crippen LogP contribution in [0.3, 0.4) is 0 Å². The first-order chi connectivity index (χ1) is 7.70. The van der Waals surface area contributed by atoms with Gasteiger partial charge in [0.2, 0.25) is 0 Å². The van der Waals surface area contributed by atoms with Crippen molar-refractivity contribution in [3.05, 3.63) is 47.1 Å². The second-order valence-corrected chi connectivity index (χ2v) is 3.98. The Hall–Kier alpha value is -1.54. The van der Waals surface area contributed by atoms with E-state index in [9.17, 15) is 0 Å². The van der Waals surface area contributed by atoms with Gasteiger partial charge in [0.05, 0.1) is 17.8 Å². The smallest absolute Gasteiger partial charge is 0.138 e. The lowest BCUT2D eigenvalue weighted by atomic mass is 10.1. The average molecular weight is 234 g/mol. The van der Waals surface area contributed by atoms with E-state index in [4.69, 9.17) is 16.3 Å². The van der Waals surface area contributed by atoms with Crippen LogP contribution in [0.15, 0.2) is 36.5 Å². The summed E-state index contributed by atoms with van der Waals surface area (Å²) in [6, 6.07) is 9.65. The molecule has 3 heteroatoms. The minimum Gasteiger partial charge on any atom is -0.495 e. The van der Waals surface area contributed by atoms with Crippen LogP contribution in [0.25, 0.3) is 11.3 Å². The number of methoxy groups -OCH3 is 1. The van der Waals surface area contributed by atoms with Crippen molar-refractivity contribution >= 4 is 11.6 Å². The monoisotopic (exact) mass is 233 g/mol. The molecule has 0 aliphatic heterocycles. The Morgan fingerprint density at radius 2 is 2.00 bits per heavy atom. The Morgan fingerprint density at radius 3 is 2.62 bits per heavy atom. The summed E-state index contributed by atoms with van der Waals surface area (Å²) in [4.78, 5) is 4.35.